The zero-order valence-corrected chi connectivity index (χ0v) is 36.1. The normalized spacial score (nSPS) is 11.6. The number of anilines is 3. The van der Waals surface area contributed by atoms with Gasteiger partial charge in [-0.1, -0.05) is 200 Å². The zero-order chi connectivity index (χ0) is 43.6. The Labute approximate surface area is 383 Å². The highest BCUT2D eigenvalue weighted by Crippen LogP contribution is 2.47. The molecule has 2 nitrogen and oxygen atoms in total. The second kappa shape index (κ2) is 15.5. The van der Waals surface area contributed by atoms with Crippen LogP contribution in [0.3, 0.4) is 0 Å². The summed E-state index contributed by atoms with van der Waals surface area (Å²) < 4.78 is 2.41. The lowest BCUT2D eigenvalue weighted by atomic mass is 9.84. The van der Waals surface area contributed by atoms with Crippen LogP contribution in [0.1, 0.15) is 0 Å². The van der Waals surface area contributed by atoms with Gasteiger partial charge in [-0.05, 0) is 126 Å². The van der Waals surface area contributed by atoms with Crippen molar-refractivity contribution < 1.29 is 0 Å². The molecular weight excluding hydrogens is 797 g/mol. The summed E-state index contributed by atoms with van der Waals surface area (Å²) in [5.74, 6) is 0. The Hall–Kier alpha value is -8.72. The highest BCUT2D eigenvalue weighted by atomic mass is 15.1. The summed E-state index contributed by atoms with van der Waals surface area (Å²) in [6.07, 6.45) is 0. The largest absolute Gasteiger partial charge is 0.310 e. The van der Waals surface area contributed by atoms with Gasteiger partial charge in [0.05, 0.1) is 16.7 Å². The number of benzene rings is 12. The molecule has 1 aromatic heterocycles. The summed E-state index contributed by atoms with van der Waals surface area (Å²) in [4.78, 5) is 2.46. The van der Waals surface area contributed by atoms with Crippen LogP contribution in [0.15, 0.2) is 255 Å². The van der Waals surface area contributed by atoms with Gasteiger partial charge in [-0.2, -0.15) is 0 Å². The lowest BCUT2D eigenvalue weighted by Crippen LogP contribution is -2.11. The Bertz CT molecular complexity index is 3980. The number of rotatable bonds is 7. The predicted molar refractivity (Wildman–Crippen MR) is 282 cm³/mol. The van der Waals surface area contributed by atoms with Crippen molar-refractivity contribution in [1.82, 2.24) is 4.57 Å². The van der Waals surface area contributed by atoms with E-state index < -0.39 is 0 Å². The molecule has 1 heterocycles. The van der Waals surface area contributed by atoms with E-state index in [0.29, 0.717) is 0 Å². The van der Waals surface area contributed by atoms with Crippen molar-refractivity contribution in [2.24, 2.45) is 0 Å². The molecule has 66 heavy (non-hydrogen) atoms. The highest BCUT2D eigenvalue weighted by molar-refractivity contribution is 6.22. The van der Waals surface area contributed by atoms with Gasteiger partial charge in [0.15, 0.2) is 0 Å². The number of hydrogen-bond acceptors (Lipinski definition) is 1. The third-order valence-corrected chi connectivity index (χ3v) is 13.5. The summed E-state index contributed by atoms with van der Waals surface area (Å²) in [6, 6.07) is 93.4. The Morgan fingerprint density at radius 1 is 0.258 bits per heavy atom. The van der Waals surface area contributed by atoms with Crippen molar-refractivity contribution in [3.05, 3.63) is 255 Å². The maximum Gasteiger partial charge on any atom is 0.0561 e. The Kier molecular flexibility index (Phi) is 8.89. The van der Waals surface area contributed by atoms with Crippen LogP contribution in [0, 0.1) is 0 Å². The minimum atomic E-state index is 1.08. The van der Waals surface area contributed by atoms with Gasteiger partial charge >= 0.3 is 0 Å². The van der Waals surface area contributed by atoms with E-state index in [9.17, 15) is 0 Å². The summed E-state index contributed by atoms with van der Waals surface area (Å²) in [7, 11) is 0. The van der Waals surface area contributed by atoms with Crippen LogP contribution in [0.2, 0.25) is 0 Å². The van der Waals surface area contributed by atoms with Gasteiger partial charge in [0.25, 0.3) is 0 Å². The number of aromatic nitrogens is 1. The molecule has 2 heteroatoms. The zero-order valence-electron chi connectivity index (χ0n) is 36.1. The highest BCUT2D eigenvalue weighted by Gasteiger charge is 2.22. The summed E-state index contributed by atoms with van der Waals surface area (Å²) in [5, 5.41) is 12.4. The van der Waals surface area contributed by atoms with E-state index in [-0.39, 0.29) is 0 Å². The number of nitrogens with zero attached hydrogens (tertiary/aromatic N) is 2. The molecule has 13 aromatic rings. The van der Waals surface area contributed by atoms with Crippen LogP contribution in [0.5, 0.6) is 0 Å². The summed E-state index contributed by atoms with van der Waals surface area (Å²) in [6.45, 7) is 0. The van der Waals surface area contributed by atoms with Crippen molar-refractivity contribution >= 4 is 82.0 Å². The first kappa shape index (κ1) is 37.8. The molecular formula is C64H42N2. The molecule has 308 valence electrons. The second-order valence-corrected chi connectivity index (χ2v) is 17.2. The van der Waals surface area contributed by atoms with Crippen molar-refractivity contribution in [2.45, 2.75) is 0 Å². The lowest BCUT2D eigenvalue weighted by molar-refractivity contribution is 1.18. The summed E-state index contributed by atoms with van der Waals surface area (Å²) >= 11 is 0. The smallest absolute Gasteiger partial charge is 0.0561 e. The quantitative estimate of drug-likeness (QED) is 0.145. The molecule has 12 aromatic carbocycles. The maximum atomic E-state index is 2.46. The SMILES string of the molecule is c1ccc(-c2c(-c3ccccc3)c3cc(-c4cccc(N(c5ccc6c7ccccc7n(-c7ccccc7)c6c5)c5cccc6c5ccc5ccccc56)c4)ccc3c3ccccc23)cc1. The average molecular weight is 839 g/mol. The molecule has 0 aliphatic carbocycles. The minimum Gasteiger partial charge on any atom is -0.310 e. The third-order valence-electron chi connectivity index (χ3n) is 13.5. The Balaban J connectivity index is 1.06. The van der Waals surface area contributed by atoms with Crippen LogP contribution >= 0.6 is 0 Å². The van der Waals surface area contributed by atoms with Gasteiger partial charge in [-0.15, -0.1) is 0 Å². The van der Waals surface area contributed by atoms with Crippen molar-refractivity contribution in [3.63, 3.8) is 0 Å². The first-order chi connectivity index (χ1) is 32.8. The van der Waals surface area contributed by atoms with Gasteiger partial charge in [-0.3, -0.25) is 0 Å². The number of hydrogen-bond donors (Lipinski definition) is 0. The van der Waals surface area contributed by atoms with Crippen molar-refractivity contribution in [1.29, 1.82) is 0 Å². The van der Waals surface area contributed by atoms with Crippen LogP contribution in [0.25, 0.3) is 104 Å². The Morgan fingerprint density at radius 2 is 0.773 bits per heavy atom. The fraction of sp³-hybridized carbons (Fsp3) is 0. The fourth-order valence-electron chi connectivity index (χ4n) is 10.6. The second-order valence-electron chi connectivity index (χ2n) is 17.2. The molecule has 0 amide bonds. The molecule has 0 radical (unpaired) electrons. The monoisotopic (exact) mass is 838 g/mol. The van der Waals surface area contributed by atoms with Gasteiger partial charge in [0.1, 0.15) is 0 Å². The topological polar surface area (TPSA) is 8.17 Å². The van der Waals surface area contributed by atoms with Gasteiger partial charge in [0, 0.05) is 33.2 Å². The van der Waals surface area contributed by atoms with Crippen LogP contribution in [0.4, 0.5) is 17.1 Å². The van der Waals surface area contributed by atoms with Gasteiger partial charge < -0.3 is 9.47 Å². The molecule has 0 N–H and O–H groups in total. The van der Waals surface area contributed by atoms with E-state index in [1.54, 1.807) is 0 Å². The standard InChI is InChI=1S/C64H42N2/c1-4-19-44(20-5-1)63-58-30-13-12-28-53(58)54-37-35-47(41-59(54)64(63)45-21-6-2-7-22-45)46-23-16-26-49(40-46)65(60-33-17-31-52-51-27-11-10-18-43(51)34-38-56(52)60)50-36-39-57-55-29-14-15-32-61(55)66(62(57)42-50)48-24-8-3-9-25-48/h1-42H. The molecule has 0 spiro atoms. The summed E-state index contributed by atoms with van der Waals surface area (Å²) in [5.41, 5.74) is 14.0. The molecule has 0 saturated carbocycles. The molecule has 13 rings (SSSR count). The van der Waals surface area contributed by atoms with Crippen LogP contribution in [-0.2, 0) is 0 Å². The van der Waals surface area contributed by atoms with Crippen LogP contribution in [-0.4, -0.2) is 4.57 Å². The first-order valence-corrected chi connectivity index (χ1v) is 22.8. The van der Waals surface area contributed by atoms with Crippen molar-refractivity contribution in [3.8, 4) is 39.1 Å². The first-order valence-electron chi connectivity index (χ1n) is 22.8. The van der Waals surface area contributed by atoms with E-state index in [2.05, 4.69) is 264 Å². The van der Waals surface area contributed by atoms with Gasteiger partial charge in [0.2, 0.25) is 0 Å². The third kappa shape index (κ3) is 6.11. The lowest BCUT2D eigenvalue weighted by Gasteiger charge is -2.28. The molecule has 0 unspecified atom stereocenters. The van der Waals surface area contributed by atoms with E-state index in [1.807, 2.05) is 0 Å². The molecule has 0 aliphatic heterocycles. The van der Waals surface area contributed by atoms with E-state index in [4.69, 9.17) is 0 Å². The van der Waals surface area contributed by atoms with Gasteiger partial charge in [-0.25, -0.2) is 0 Å². The van der Waals surface area contributed by atoms with E-state index in [1.165, 1.54) is 87.2 Å². The van der Waals surface area contributed by atoms with Crippen molar-refractivity contribution in [2.75, 3.05) is 4.90 Å². The molecule has 0 bridgehead atoms. The molecule has 0 atom stereocenters. The van der Waals surface area contributed by atoms with Crippen LogP contribution < -0.4 is 4.90 Å². The Morgan fingerprint density at radius 3 is 1.56 bits per heavy atom. The average Bonchev–Trinajstić information content (AvgIpc) is 3.72. The van der Waals surface area contributed by atoms with E-state index >= 15 is 0 Å². The number of fused-ring (bicyclic) bond motifs is 9. The molecule has 0 saturated heterocycles. The predicted octanol–water partition coefficient (Wildman–Crippen LogP) is 17.9. The number of para-hydroxylation sites is 2. The van der Waals surface area contributed by atoms with E-state index in [0.717, 1.165) is 33.8 Å². The maximum absolute atomic E-state index is 2.46. The molecule has 0 fully saturated rings. The minimum absolute atomic E-state index is 1.08. The molecule has 0 aliphatic rings. The fourth-order valence-corrected chi connectivity index (χ4v) is 10.6.